The minimum Gasteiger partial charge on any atom is -0.329 e. The van der Waals surface area contributed by atoms with Crippen molar-refractivity contribution in [2.45, 2.75) is 39.3 Å². The van der Waals surface area contributed by atoms with Crippen LogP contribution in [-0.4, -0.2) is 58.8 Å². The van der Waals surface area contributed by atoms with Crippen molar-refractivity contribution in [2.75, 3.05) is 39.3 Å². The Hall–Kier alpha value is -0.910. The summed E-state index contributed by atoms with van der Waals surface area (Å²) in [5.74, 6) is 0. The van der Waals surface area contributed by atoms with Gasteiger partial charge in [0.2, 0.25) is 0 Å². The first-order valence-electron chi connectivity index (χ1n) is 7.97. The van der Waals surface area contributed by atoms with Gasteiger partial charge in [-0.25, -0.2) is 0 Å². The van der Waals surface area contributed by atoms with Gasteiger partial charge >= 0.3 is 0 Å². The van der Waals surface area contributed by atoms with Crippen LogP contribution in [0.1, 0.15) is 38.3 Å². The predicted molar refractivity (Wildman–Crippen MR) is 82.6 cm³/mol. The van der Waals surface area contributed by atoms with Gasteiger partial charge in [-0.05, 0) is 19.4 Å². The highest BCUT2D eigenvalue weighted by Crippen LogP contribution is 2.21. The molecule has 1 saturated heterocycles. The average Bonchev–Trinajstić information content (AvgIpc) is 2.91. The van der Waals surface area contributed by atoms with Gasteiger partial charge in [-0.15, -0.1) is 0 Å². The Morgan fingerprint density at radius 3 is 2.45 bits per heavy atom. The van der Waals surface area contributed by atoms with Crippen LogP contribution in [0.4, 0.5) is 0 Å². The summed E-state index contributed by atoms with van der Waals surface area (Å²) >= 11 is 0. The van der Waals surface area contributed by atoms with E-state index in [4.69, 9.17) is 5.73 Å². The van der Waals surface area contributed by atoms with Gasteiger partial charge in [-0.1, -0.05) is 13.8 Å². The Morgan fingerprint density at radius 1 is 1.15 bits per heavy atom. The molecule has 1 aliphatic heterocycles. The largest absolute Gasteiger partial charge is 0.329 e. The number of rotatable bonds is 7. The fourth-order valence-corrected chi connectivity index (χ4v) is 3.01. The number of aryl methyl sites for hydroxylation is 1. The van der Waals surface area contributed by atoms with Gasteiger partial charge in [0, 0.05) is 51.0 Å². The number of aromatic nitrogens is 2. The molecule has 1 aliphatic rings. The molecule has 1 atom stereocenters. The van der Waals surface area contributed by atoms with E-state index < -0.39 is 0 Å². The lowest BCUT2D eigenvalue weighted by molar-refractivity contribution is 0.0985. The third kappa shape index (κ3) is 3.81. The van der Waals surface area contributed by atoms with Crippen LogP contribution in [0.3, 0.4) is 0 Å². The Bertz CT molecular complexity index is 381. The zero-order valence-electron chi connectivity index (χ0n) is 13.0. The van der Waals surface area contributed by atoms with Crippen LogP contribution in [-0.2, 0) is 6.54 Å². The molecule has 0 saturated carbocycles. The van der Waals surface area contributed by atoms with E-state index in [-0.39, 0.29) is 0 Å². The van der Waals surface area contributed by atoms with Crippen LogP contribution < -0.4 is 5.73 Å². The Morgan fingerprint density at radius 2 is 1.85 bits per heavy atom. The second-order valence-corrected chi connectivity index (χ2v) is 5.67. The molecular formula is C15H29N5. The molecule has 20 heavy (non-hydrogen) atoms. The van der Waals surface area contributed by atoms with Crippen molar-refractivity contribution in [1.29, 1.82) is 0 Å². The van der Waals surface area contributed by atoms with Gasteiger partial charge in [-0.3, -0.25) is 9.58 Å². The van der Waals surface area contributed by atoms with Crippen molar-refractivity contribution in [3.8, 4) is 0 Å². The highest BCUT2D eigenvalue weighted by Gasteiger charge is 2.24. The minimum absolute atomic E-state index is 0.324. The van der Waals surface area contributed by atoms with E-state index in [1.807, 2.05) is 10.9 Å². The molecule has 0 aromatic carbocycles. The summed E-state index contributed by atoms with van der Waals surface area (Å²) in [4.78, 5) is 5.06. The first kappa shape index (κ1) is 15.5. The zero-order chi connectivity index (χ0) is 14.4. The van der Waals surface area contributed by atoms with Crippen molar-refractivity contribution in [2.24, 2.45) is 5.73 Å². The van der Waals surface area contributed by atoms with Gasteiger partial charge in [0.05, 0.1) is 12.2 Å². The highest BCUT2D eigenvalue weighted by molar-refractivity contribution is 5.11. The lowest BCUT2D eigenvalue weighted by Crippen LogP contribution is -2.49. The lowest BCUT2D eigenvalue weighted by atomic mass is 10.1. The van der Waals surface area contributed by atoms with Gasteiger partial charge in [0.1, 0.15) is 0 Å². The molecule has 0 amide bonds. The fraction of sp³-hybridized carbons (Fsp3) is 0.800. The molecule has 2 rings (SSSR count). The SMILES string of the molecule is CCCN1CCN(C(CN)c2cnn(CCC)c2)CC1. The van der Waals surface area contributed by atoms with E-state index in [1.165, 1.54) is 18.5 Å². The van der Waals surface area contributed by atoms with E-state index >= 15 is 0 Å². The highest BCUT2D eigenvalue weighted by atomic mass is 15.3. The Balaban J connectivity index is 1.94. The average molecular weight is 279 g/mol. The van der Waals surface area contributed by atoms with Crippen LogP contribution in [0.15, 0.2) is 12.4 Å². The quantitative estimate of drug-likeness (QED) is 0.818. The Kier molecular flexibility index (Phi) is 6.01. The van der Waals surface area contributed by atoms with E-state index in [2.05, 4.69) is 34.9 Å². The van der Waals surface area contributed by atoms with Gasteiger partial charge in [0.25, 0.3) is 0 Å². The number of nitrogens with zero attached hydrogens (tertiary/aromatic N) is 4. The monoisotopic (exact) mass is 279 g/mol. The van der Waals surface area contributed by atoms with Crippen LogP contribution >= 0.6 is 0 Å². The lowest BCUT2D eigenvalue weighted by Gasteiger charge is -2.38. The molecule has 5 heteroatoms. The maximum atomic E-state index is 6.02. The fourth-order valence-electron chi connectivity index (χ4n) is 3.01. The van der Waals surface area contributed by atoms with Crippen molar-refractivity contribution >= 4 is 0 Å². The molecule has 2 N–H and O–H groups in total. The molecule has 0 aliphatic carbocycles. The van der Waals surface area contributed by atoms with Crippen LogP contribution in [0.25, 0.3) is 0 Å². The molecule has 1 aromatic rings. The first-order chi connectivity index (χ1) is 9.78. The third-order valence-electron chi connectivity index (χ3n) is 4.10. The molecule has 1 unspecified atom stereocenters. The first-order valence-corrected chi connectivity index (χ1v) is 7.97. The molecule has 1 fully saturated rings. The van der Waals surface area contributed by atoms with Gasteiger partial charge in [0.15, 0.2) is 0 Å². The molecule has 1 aromatic heterocycles. The van der Waals surface area contributed by atoms with Crippen molar-refractivity contribution in [3.05, 3.63) is 18.0 Å². The molecule has 5 nitrogen and oxygen atoms in total. The molecule has 0 bridgehead atoms. The third-order valence-corrected chi connectivity index (χ3v) is 4.10. The maximum Gasteiger partial charge on any atom is 0.0538 e. The summed E-state index contributed by atoms with van der Waals surface area (Å²) in [6.45, 7) is 11.8. The van der Waals surface area contributed by atoms with E-state index in [9.17, 15) is 0 Å². The van der Waals surface area contributed by atoms with Crippen molar-refractivity contribution in [3.63, 3.8) is 0 Å². The van der Waals surface area contributed by atoms with E-state index in [0.717, 1.165) is 39.1 Å². The molecular weight excluding hydrogens is 250 g/mol. The van der Waals surface area contributed by atoms with Gasteiger partial charge in [-0.2, -0.15) is 5.10 Å². The predicted octanol–water partition coefficient (Wildman–Crippen LogP) is 1.32. The summed E-state index contributed by atoms with van der Waals surface area (Å²) in [6.07, 6.45) is 6.51. The van der Waals surface area contributed by atoms with Crippen LogP contribution in [0, 0.1) is 0 Å². The molecule has 0 radical (unpaired) electrons. The van der Waals surface area contributed by atoms with Crippen LogP contribution in [0.5, 0.6) is 0 Å². The molecule has 2 heterocycles. The summed E-state index contributed by atoms with van der Waals surface area (Å²) in [5.41, 5.74) is 7.29. The number of piperazine rings is 1. The summed E-state index contributed by atoms with van der Waals surface area (Å²) in [6, 6.07) is 0.324. The second kappa shape index (κ2) is 7.76. The topological polar surface area (TPSA) is 50.3 Å². The normalized spacial score (nSPS) is 19.4. The summed E-state index contributed by atoms with van der Waals surface area (Å²) < 4.78 is 2.03. The maximum absolute atomic E-state index is 6.02. The van der Waals surface area contributed by atoms with Gasteiger partial charge < -0.3 is 10.6 Å². The number of hydrogen-bond acceptors (Lipinski definition) is 4. The van der Waals surface area contributed by atoms with E-state index in [1.54, 1.807) is 0 Å². The van der Waals surface area contributed by atoms with E-state index in [0.29, 0.717) is 12.6 Å². The van der Waals surface area contributed by atoms with Crippen molar-refractivity contribution < 1.29 is 0 Å². The summed E-state index contributed by atoms with van der Waals surface area (Å²) in [7, 11) is 0. The standard InChI is InChI=1S/C15H29N5/c1-3-5-18-7-9-19(10-8-18)15(11-16)14-12-17-20(13-14)6-4-2/h12-13,15H,3-11,16H2,1-2H3. The minimum atomic E-state index is 0.324. The summed E-state index contributed by atoms with van der Waals surface area (Å²) in [5, 5.41) is 4.44. The Labute approximate surface area is 122 Å². The second-order valence-electron chi connectivity index (χ2n) is 5.67. The molecule has 0 spiro atoms. The van der Waals surface area contributed by atoms with Crippen molar-refractivity contribution in [1.82, 2.24) is 19.6 Å². The molecule has 114 valence electrons. The smallest absolute Gasteiger partial charge is 0.0538 e. The zero-order valence-corrected chi connectivity index (χ0v) is 13.0. The number of hydrogen-bond donors (Lipinski definition) is 1. The van der Waals surface area contributed by atoms with Crippen LogP contribution in [0.2, 0.25) is 0 Å². The number of nitrogens with two attached hydrogens (primary N) is 1.